The Balaban J connectivity index is 1.10. The quantitative estimate of drug-likeness (QED) is 0.113. The Labute approximate surface area is 383 Å². The standard InChI is InChI=1S/C60H48N2O4/c1-60(43-15-5-2-6-16-43,44-27-31-58(65-35-33-63)50(39-44)41-25-29-56-52(37-41)48-21-11-13-23-54(48)61(56)46-17-7-3-8-18-46)45-28-32-59(66-36-34-64)51(40-45)42-26-30-57-53(38-42)49-22-12-14-24-55(49)62(57)47-19-9-4-10-20-47/h2-32,37-40,63-64H,33-36H2,1H3. The number of aromatic nitrogens is 2. The zero-order chi connectivity index (χ0) is 44.6. The van der Waals surface area contributed by atoms with Crippen LogP contribution in [0.1, 0.15) is 23.6 Å². The van der Waals surface area contributed by atoms with Crippen LogP contribution in [0, 0.1) is 0 Å². The second-order valence-electron chi connectivity index (χ2n) is 16.9. The smallest absolute Gasteiger partial charge is 0.127 e. The third-order valence-corrected chi connectivity index (χ3v) is 13.2. The number of ether oxygens (including phenoxy) is 2. The summed E-state index contributed by atoms with van der Waals surface area (Å²) in [7, 11) is 0. The average molecular weight is 861 g/mol. The lowest BCUT2D eigenvalue weighted by atomic mass is 9.70. The highest BCUT2D eigenvalue weighted by Crippen LogP contribution is 2.46. The highest BCUT2D eigenvalue weighted by atomic mass is 16.5. The van der Waals surface area contributed by atoms with E-state index < -0.39 is 5.41 Å². The van der Waals surface area contributed by atoms with E-state index in [9.17, 15) is 10.2 Å². The molecule has 2 N–H and O–H groups in total. The summed E-state index contributed by atoms with van der Waals surface area (Å²) in [6, 6.07) is 75.0. The van der Waals surface area contributed by atoms with Crippen molar-refractivity contribution in [1.29, 1.82) is 0 Å². The Bertz CT molecular complexity index is 3310. The molecule has 2 aromatic heterocycles. The molecule has 9 aromatic carbocycles. The molecule has 0 saturated carbocycles. The number of rotatable bonds is 13. The minimum atomic E-state index is -0.656. The summed E-state index contributed by atoms with van der Waals surface area (Å²) < 4.78 is 17.3. The van der Waals surface area contributed by atoms with Crippen molar-refractivity contribution < 1.29 is 19.7 Å². The van der Waals surface area contributed by atoms with E-state index in [4.69, 9.17) is 9.47 Å². The monoisotopic (exact) mass is 860 g/mol. The first-order valence-electron chi connectivity index (χ1n) is 22.5. The molecule has 0 radical (unpaired) electrons. The van der Waals surface area contributed by atoms with Gasteiger partial charge < -0.3 is 28.8 Å². The van der Waals surface area contributed by atoms with Crippen LogP contribution in [0.5, 0.6) is 11.5 Å². The molecule has 0 aliphatic rings. The van der Waals surface area contributed by atoms with Crippen molar-refractivity contribution in [1.82, 2.24) is 9.13 Å². The van der Waals surface area contributed by atoms with Crippen LogP contribution in [0.3, 0.4) is 0 Å². The van der Waals surface area contributed by atoms with E-state index in [0.717, 1.165) is 83.2 Å². The van der Waals surface area contributed by atoms with Gasteiger partial charge in [-0.15, -0.1) is 0 Å². The number of fused-ring (bicyclic) bond motifs is 6. The molecule has 66 heavy (non-hydrogen) atoms. The highest BCUT2D eigenvalue weighted by molar-refractivity contribution is 6.11. The number of nitrogens with zero attached hydrogens (tertiary/aromatic N) is 2. The maximum atomic E-state index is 9.95. The lowest BCUT2D eigenvalue weighted by Crippen LogP contribution is -2.25. The van der Waals surface area contributed by atoms with Gasteiger partial charge in [0.2, 0.25) is 0 Å². The lowest BCUT2D eigenvalue weighted by molar-refractivity contribution is 0.202. The molecule has 0 spiro atoms. The largest absolute Gasteiger partial charge is 0.491 e. The van der Waals surface area contributed by atoms with Crippen molar-refractivity contribution in [3.8, 4) is 45.1 Å². The molecule has 322 valence electrons. The van der Waals surface area contributed by atoms with Gasteiger partial charge in [-0.05, 0) is 120 Å². The Morgan fingerprint density at radius 2 is 0.773 bits per heavy atom. The molecular weight excluding hydrogens is 813 g/mol. The highest BCUT2D eigenvalue weighted by Gasteiger charge is 2.33. The van der Waals surface area contributed by atoms with Gasteiger partial charge in [0.1, 0.15) is 24.7 Å². The molecule has 0 bridgehead atoms. The number of aliphatic hydroxyl groups excluding tert-OH is 2. The fourth-order valence-electron chi connectivity index (χ4n) is 9.96. The molecule has 6 nitrogen and oxygen atoms in total. The number of para-hydroxylation sites is 4. The fourth-order valence-corrected chi connectivity index (χ4v) is 9.96. The van der Waals surface area contributed by atoms with E-state index in [0.29, 0.717) is 11.5 Å². The van der Waals surface area contributed by atoms with Crippen LogP contribution >= 0.6 is 0 Å². The molecule has 0 unspecified atom stereocenters. The van der Waals surface area contributed by atoms with Crippen molar-refractivity contribution in [2.24, 2.45) is 0 Å². The molecule has 11 rings (SSSR count). The predicted molar refractivity (Wildman–Crippen MR) is 270 cm³/mol. The zero-order valence-corrected chi connectivity index (χ0v) is 36.6. The second-order valence-corrected chi connectivity index (χ2v) is 16.9. The first-order valence-corrected chi connectivity index (χ1v) is 22.5. The van der Waals surface area contributed by atoms with Crippen LogP contribution in [-0.2, 0) is 5.41 Å². The maximum absolute atomic E-state index is 9.95. The van der Waals surface area contributed by atoms with Gasteiger partial charge in [0.15, 0.2) is 0 Å². The minimum Gasteiger partial charge on any atom is -0.491 e. The van der Waals surface area contributed by atoms with Crippen LogP contribution in [0.15, 0.2) is 212 Å². The van der Waals surface area contributed by atoms with E-state index in [1.165, 1.54) is 10.8 Å². The molecule has 0 aliphatic heterocycles. The van der Waals surface area contributed by atoms with Gasteiger partial charge in [-0.2, -0.15) is 0 Å². The summed E-state index contributed by atoms with van der Waals surface area (Å²) in [5, 5.41) is 24.5. The van der Waals surface area contributed by atoms with Crippen LogP contribution in [0.2, 0.25) is 0 Å². The molecule has 11 aromatic rings. The summed E-state index contributed by atoms with van der Waals surface area (Å²) in [5.41, 5.74) is 13.2. The van der Waals surface area contributed by atoms with Gasteiger partial charge in [-0.1, -0.05) is 127 Å². The van der Waals surface area contributed by atoms with Gasteiger partial charge in [0, 0.05) is 49.5 Å². The van der Waals surface area contributed by atoms with Crippen molar-refractivity contribution in [3.63, 3.8) is 0 Å². The second kappa shape index (κ2) is 17.2. The molecule has 0 amide bonds. The zero-order valence-electron chi connectivity index (χ0n) is 36.6. The van der Waals surface area contributed by atoms with Crippen LogP contribution < -0.4 is 9.47 Å². The number of hydrogen-bond acceptors (Lipinski definition) is 4. The molecule has 0 saturated heterocycles. The normalized spacial score (nSPS) is 11.8. The Hall–Kier alpha value is -7.90. The number of hydrogen-bond donors (Lipinski definition) is 2. The average Bonchev–Trinajstić information content (AvgIpc) is 3.90. The minimum absolute atomic E-state index is 0.0986. The van der Waals surface area contributed by atoms with Gasteiger partial charge in [0.25, 0.3) is 0 Å². The number of aliphatic hydroxyl groups is 2. The molecule has 0 fully saturated rings. The van der Waals surface area contributed by atoms with Gasteiger partial charge >= 0.3 is 0 Å². The Morgan fingerprint density at radius 1 is 0.379 bits per heavy atom. The summed E-state index contributed by atoms with van der Waals surface area (Å²) in [4.78, 5) is 0. The van der Waals surface area contributed by atoms with E-state index in [1.54, 1.807) is 0 Å². The Morgan fingerprint density at radius 3 is 1.21 bits per heavy atom. The topological polar surface area (TPSA) is 68.8 Å². The van der Waals surface area contributed by atoms with Crippen LogP contribution in [0.4, 0.5) is 0 Å². The molecule has 2 heterocycles. The number of benzene rings is 9. The van der Waals surface area contributed by atoms with Crippen molar-refractivity contribution in [2.45, 2.75) is 12.3 Å². The van der Waals surface area contributed by atoms with Crippen LogP contribution in [-0.4, -0.2) is 45.8 Å². The maximum Gasteiger partial charge on any atom is 0.127 e. The van der Waals surface area contributed by atoms with Crippen LogP contribution in [0.25, 0.3) is 77.2 Å². The first kappa shape index (κ1) is 40.8. The molecule has 0 aliphatic carbocycles. The van der Waals surface area contributed by atoms with Crippen molar-refractivity contribution in [3.05, 3.63) is 229 Å². The molecular formula is C60H48N2O4. The third-order valence-electron chi connectivity index (χ3n) is 13.2. The fraction of sp³-hybridized carbons (Fsp3) is 0.100. The first-order chi connectivity index (χ1) is 32.5. The van der Waals surface area contributed by atoms with E-state index >= 15 is 0 Å². The van der Waals surface area contributed by atoms with Crippen molar-refractivity contribution >= 4 is 43.6 Å². The lowest BCUT2D eigenvalue weighted by Gasteiger charge is -2.33. The summed E-state index contributed by atoms with van der Waals surface area (Å²) in [5.74, 6) is 1.40. The van der Waals surface area contributed by atoms with E-state index in [2.05, 4.69) is 216 Å². The van der Waals surface area contributed by atoms with Gasteiger partial charge in [-0.25, -0.2) is 0 Å². The third kappa shape index (κ3) is 6.99. The van der Waals surface area contributed by atoms with E-state index in [1.807, 2.05) is 12.1 Å². The SMILES string of the molecule is CC(c1ccccc1)(c1ccc(OCCO)c(-c2ccc3c(c2)c2ccccc2n3-c2ccccc2)c1)c1ccc(OCCO)c(-c2ccc3c(c2)c2ccccc2n3-c2ccccc2)c1. The summed E-state index contributed by atoms with van der Waals surface area (Å²) >= 11 is 0. The molecule has 6 heteroatoms. The predicted octanol–water partition coefficient (Wildman–Crippen LogP) is 13.3. The van der Waals surface area contributed by atoms with Gasteiger partial charge in [-0.3, -0.25) is 0 Å². The Kier molecular flexibility index (Phi) is 10.7. The summed E-state index contributed by atoms with van der Waals surface area (Å²) in [6.07, 6.45) is 0. The van der Waals surface area contributed by atoms with E-state index in [-0.39, 0.29) is 26.4 Å². The summed E-state index contributed by atoms with van der Waals surface area (Å²) in [6.45, 7) is 2.43. The van der Waals surface area contributed by atoms with Crippen molar-refractivity contribution in [2.75, 3.05) is 26.4 Å². The van der Waals surface area contributed by atoms with Gasteiger partial charge in [0.05, 0.1) is 35.3 Å². The molecule has 0 atom stereocenters.